The smallest absolute Gasteiger partial charge is 0.115 e. The zero-order chi connectivity index (χ0) is 12.4. The van der Waals surface area contributed by atoms with Crippen molar-refractivity contribution in [1.82, 2.24) is 5.32 Å². The van der Waals surface area contributed by atoms with Crippen LogP contribution < -0.4 is 5.32 Å². The van der Waals surface area contributed by atoms with E-state index in [2.05, 4.69) is 5.32 Å². The Morgan fingerprint density at radius 2 is 2.06 bits per heavy atom. The quantitative estimate of drug-likeness (QED) is 0.837. The lowest BCUT2D eigenvalue weighted by Gasteiger charge is -2.28. The van der Waals surface area contributed by atoms with Crippen molar-refractivity contribution in [2.24, 2.45) is 5.41 Å². The lowest BCUT2D eigenvalue weighted by atomic mass is 9.81. The van der Waals surface area contributed by atoms with Crippen molar-refractivity contribution in [2.45, 2.75) is 31.7 Å². The van der Waals surface area contributed by atoms with Crippen molar-refractivity contribution in [3.63, 3.8) is 0 Å². The molecule has 18 heavy (non-hydrogen) atoms. The number of phenols is 1. The van der Waals surface area contributed by atoms with E-state index in [1.165, 1.54) is 18.4 Å². The molecular formula is C15H21NO2. The van der Waals surface area contributed by atoms with E-state index in [1.54, 1.807) is 12.1 Å². The van der Waals surface area contributed by atoms with Gasteiger partial charge < -0.3 is 15.2 Å². The Morgan fingerprint density at radius 1 is 1.28 bits per heavy atom. The molecule has 3 heteroatoms. The minimum absolute atomic E-state index is 0.250. The van der Waals surface area contributed by atoms with Crippen molar-refractivity contribution in [2.75, 3.05) is 19.8 Å². The summed E-state index contributed by atoms with van der Waals surface area (Å²) in [5.74, 6) is 0.339. The van der Waals surface area contributed by atoms with Gasteiger partial charge in [-0.1, -0.05) is 12.1 Å². The van der Waals surface area contributed by atoms with Gasteiger partial charge in [0, 0.05) is 24.6 Å². The molecule has 1 unspecified atom stereocenters. The summed E-state index contributed by atoms with van der Waals surface area (Å²) in [4.78, 5) is 0. The molecule has 0 aromatic heterocycles. The first-order valence-corrected chi connectivity index (χ1v) is 6.85. The summed E-state index contributed by atoms with van der Waals surface area (Å²) in [6.07, 6.45) is 4.83. The molecule has 2 fully saturated rings. The highest BCUT2D eigenvalue weighted by atomic mass is 16.5. The SMILES string of the molecule is Oc1ccc(CC2(CNC3CC3)CCOC2)cc1. The van der Waals surface area contributed by atoms with Crippen LogP contribution in [0.25, 0.3) is 0 Å². The first-order valence-electron chi connectivity index (χ1n) is 6.85. The molecule has 0 spiro atoms. The molecule has 0 amide bonds. The molecule has 1 saturated heterocycles. The molecule has 1 aliphatic heterocycles. The van der Waals surface area contributed by atoms with Crippen LogP contribution in [0.15, 0.2) is 24.3 Å². The molecule has 0 bridgehead atoms. The fraction of sp³-hybridized carbons (Fsp3) is 0.600. The van der Waals surface area contributed by atoms with Gasteiger partial charge >= 0.3 is 0 Å². The van der Waals surface area contributed by atoms with Gasteiger partial charge in [-0.15, -0.1) is 0 Å². The average Bonchev–Trinajstić information content (AvgIpc) is 3.10. The van der Waals surface area contributed by atoms with Gasteiger partial charge in [0.15, 0.2) is 0 Å². The summed E-state index contributed by atoms with van der Waals surface area (Å²) < 4.78 is 5.62. The van der Waals surface area contributed by atoms with Gasteiger partial charge in [-0.2, -0.15) is 0 Å². The van der Waals surface area contributed by atoms with Crippen molar-refractivity contribution in [1.29, 1.82) is 0 Å². The highest BCUT2D eigenvalue weighted by Crippen LogP contribution is 2.33. The second-order valence-corrected chi connectivity index (χ2v) is 5.80. The van der Waals surface area contributed by atoms with Crippen LogP contribution in [0.4, 0.5) is 0 Å². The average molecular weight is 247 g/mol. The molecule has 1 saturated carbocycles. The molecule has 2 N–H and O–H groups in total. The van der Waals surface area contributed by atoms with E-state index in [0.29, 0.717) is 5.75 Å². The molecule has 98 valence electrons. The minimum atomic E-state index is 0.250. The van der Waals surface area contributed by atoms with E-state index in [0.717, 1.165) is 38.6 Å². The first-order chi connectivity index (χ1) is 8.76. The zero-order valence-corrected chi connectivity index (χ0v) is 10.7. The van der Waals surface area contributed by atoms with Gasteiger partial charge in [0.1, 0.15) is 5.75 Å². The van der Waals surface area contributed by atoms with Gasteiger partial charge in [-0.05, 0) is 43.4 Å². The molecule has 1 atom stereocenters. The van der Waals surface area contributed by atoms with Crippen LogP contribution in [0.2, 0.25) is 0 Å². The van der Waals surface area contributed by atoms with Gasteiger partial charge in [0.05, 0.1) is 6.61 Å². The summed E-state index contributed by atoms with van der Waals surface area (Å²) >= 11 is 0. The van der Waals surface area contributed by atoms with Crippen molar-refractivity contribution in [3.05, 3.63) is 29.8 Å². The van der Waals surface area contributed by atoms with Gasteiger partial charge in [-0.25, -0.2) is 0 Å². The standard InChI is InChI=1S/C15H21NO2/c17-14-5-1-12(2-6-14)9-15(7-8-18-11-15)10-16-13-3-4-13/h1-2,5-6,13,16-17H,3-4,7-11H2. The molecule has 3 nitrogen and oxygen atoms in total. The number of phenolic OH excluding ortho intramolecular Hbond substituents is 1. The van der Waals surface area contributed by atoms with Crippen LogP contribution in [0.3, 0.4) is 0 Å². The second kappa shape index (κ2) is 4.90. The number of rotatable bonds is 5. The Balaban J connectivity index is 1.66. The first kappa shape index (κ1) is 12.0. The Labute approximate surface area is 108 Å². The number of hydrogen-bond donors (Lipinski definition) is 2. The second-order valence-electron chi connectivity index (χ2n) is 5.80. The Kier molecular flexibility index (Phi) is 3.27. The maximum Gasteiger partial charge on any atom is 0.115 e. The zero-order valence-electron chi connectivity index (χ0n) is 10.7. The van der Waals surface area contributed by atoms with Gasteiger partial charge in [-0.3, -0.25) is 0 Å². The third-order valence-corrected chi connectivity index (χ3v) is 4.04. The Bertz CT molecular complexity index is 391. The van der Waals surface area contributed by atoms with Crippen LogP contribution in [0, 0.1) is 5.41 Å². The van der Waals surface area contributed by atoms with Crippen LogP contribution in [-0.2, 0) is 11.2 Å². The van der Waals surface area contributed by atoms with E-state index in [1.807, 2.05) is 12.1 Å². The predicted octanol–water partition coefficient (Wildman–Crippen LogP) is 2.09. The number of benzene rings is 1. The van der Waals surface area contributed by atoms with Crippen LogP contribution >= 0.6 is 0 Å². The number of hydrogen-bond acceptors (Lipinski definition) is 3. The molecule has 0 radical (unpaired) electrons. The van der Waals surface area contributed by atoms with Crippen molar-refractivity contribution >= 4 is 0 Å². The third-order valence-electron chi connectivity index (χ3n) is 4.04. The number of aromatic hydroxyl groups is 1. The minimum Gasteiger partial charge on any atom is -0.508 e. The van der Waals surface area contributed by atoms with Crippen LogP contribution in [0.5, 0.6) is 5.75 Å². The summed E-state index contributed by atoms with van der Waals surface area (Å²) in [6.45, 7) is 2.79. The van der Waals surface area contributed by atoms with E-state index in [4.69, 9.17) is 4.74 Å². The number of nitrogens with one attached hydrogen (secondary N) is 1. The van der Waals surface area contributed by atoms with Crippen molar-refractivity contribution < 1.29 is 9.84 Å². The molecule has 2 aliphatic rings. The maximum absolute atomic E-state index is 9.33. The lowest BCUT2D eigenvalue weighted by molar-refractivity contribution is 0.149. The Morgan fingerprint density at radius 3 is 2.67 bits per heavy atom. The summed E-state index contributed by atoms with van der Waals surface area (Å²) in [7, 11) is 0. The highest BCUT2D eigenvalue weighted by molar-refractivity contribution is 5.27. The van der Waals surface area contributed by atoms with Crippen molar-refractivity contribution in [3.8, 4) is 5.75 Å². The summed E-state index contributed by atoms with van der Waals surface area (Å²) in [5.41, 5.74) is 1.54. The molecule has 1 aliphatic carbocycles. The molecule has 1 heterocycles. The van der Waals surface area contributed by atoms with Crippen LogP contribution in [-0.4, -0.2) is 30.9 Å². The van der Waals surface area contributed by atoms with E-state index >= 15 is 0 Å². The lowest BCUT2D eigenvalue weighted by Crippen LogP contribution is -2.37. The van der Waals surface area contributed by atoms with Gasteiger partial charge in [0.25, 0.3) is 0 Å². The Hall–Kier alpha value is -1.06. The maximum atomic E-state index is 9.33. The highest BCUT2D eigenvalue weighted by Gasteiger charge is 2.36. The van der Waals surface area contributed by atoms with E-state index < -0.39 is 0 Å². The third kappa shape index (κ3) is 2.85. The molecule has 1 aromatic carbocycles. The fourth-order valence-electron chi connectivity index (χ4n) is 2.69. The normalized spacial score (nSPS) is 27.6. The topological polar surface area (TPSA) is 41.5 Å². The monoisotopic (exact) mass is 247 g/mol. The van der Waals surface area contributed by atoms with E-state index in [-0.39, 0.29) is 5.41 Å². The molecular weight excluding hydrogens is 226 g/mol. The van der Waals surface area contributed by atoms with Gasteiger partial charge in [0.2, 0.25) is 0 Å². The summed E-state index contributed by atoms with van der Waals surface area (Å²) in [5, 5.41) is 13.0. The predicted molar refractivity (Wildman–Crippen MR) is 70.7 cm³/mol. The summed E-state index contributed by atoms with van der Waals surface area (Å²) in [6, 6.07) is 8.33. The molecule has 1 aromatic rings. The number of ether oxygens (including phenoxy) is 1. The van der Waals surface area contributed by atoms with Crippen LogP contribution in [0.1, 0.15) is 24.8 Å². The largest absolute Gasteiger partial charge is 0.508 e. The fourth-order valence-corrected chi connectivity index (χ4v) is 2.69. The van der Waals surface area contributed by atoms with E-state index in [9.17, 15) is 5.11 Å². The molecule has 3 rings (SSSR count).